The number of halogens is 1. The van der Waals surface area contributed by atoms with E-state index in [1.165, 1.54) is 4.70 Å². The molecule has 3 rings (SSSR count). The summed E-state index contributed by atoms with van der Waals surface area (Å²) >= 11 is 1.68. The zero-order chi connectivity index (χ0) is 12.6. The summed E-state index contributed by atoms with van der Waals surface area (Å²) in [6.07, 6.45) is 2.38. The minimum absolute atomic E-state index is 0. The van der Waals surface area contributed by atoms with Gasteiger partial charge in [-0.1, -0.05) is 12.1 Å². The Morgan fingerprint density at radius 2 is 2.16 bits per heavy atom. The van der Waals surface area contributed by atoms with E-state index >= 15 is 0 Å². The first-order chi connectivity index (χ1) is 8.67. The molecule has 0 radical (unpaired) electrons. The number of hydrogen-bond donors (Lipinski definition) is 2. The number of hydrogen-bond acceptors (Lipinski definition) is 4. The third kappa shape index (κ3) is 3.05. The number of nitrogens with one attached hydrogen (secondary N) is 1. The smallest absolute Gasteiger partial charge is 0.240 e. The largest absolute Gasteiger partial charge is 0.354 e. The molecule has 102 valence electrons. The lowest BCUT2D eigenvalue weighted by Gasteiger charge is -2.08. The van der Waals surface area contributed by atoms with Crippen molar-refractivity contribution in [2.75, 3.05) is 6.54 Å². The molecule has 3 N–H and O–H groups in total. The highest BCUT2D eigenvalue weighted by Gasteiger charge is 2.45. The maximum absolute atomic E-state index is 11.6. The number of aromatic nitrogens is 1. The first kappa shape index (κ1) is 14.2. The van der Waals surface area contributed by atoms with Crippen molar-refractivity contribution < 1.29 is 4.79 Å². The number of carbonyl (C=O) groups excluding carboxylic acids is 1. The highest BCUT2D eigenvalue weighted by atomic mass is 35.5. The fourth-order valence-corrected chi connectivity index (χ4v) is 2.81. The van der Waals surface area contributed by atoms with Crippen molar-refractivity contribution in [2.45, 2.75) is 24.8 Å². The molecule has 1 aliphatic rings. The van der Waals surface area contributed by atoms with Crippen LogP contribution < -0.4 is 11.1 Å². The molecule has 1 fully saturated rings. The summed E-state index contributed by atoms with van der Waals surface area (Å²) in [5, 5.41) is 3.93. The van der Waals surface area contributed by atoms with Crippen molar-refractivity contribution in [2.24, 2.45) is 5.73 Å². The Hall–Kier alpha value is -1.17. The number of para-hydroxylation sites is 1. The fourth-order valence-electron chi connectivity index (χ4n) is 1.85. The molecule has 0 saturated heterocycles. The van der Waals surface area contributed by atoms with E-state index < -0.39 is 5.54 Å². The molecular weight excluding hydrogens is 282 g/mol. The van der Waals surface area contributed by atoms with Gasteiger partial charge in [-0.15, -0.1) is 23.7 Å². The molecule has 0 atom stereocenters. The van der Waals surface area contributed by atoms with Gasteiger partial charge in [0, 0.05) is 13.0 Å². The van der Waals surface area contributed by atoms with Gasteiger partial charge in [0.15, 0.2) is 0 Å². The van der Waals surface area contributed by atoms with Crippen LogP contribution in [0.15, 0.2) is 24.3 Å². The fraction of sp³-hybridized carbons (Fsp3) is 0.385. The third-order valence-electron chi connectivity index (χ3n) is 3.20. The Bertz CT molecular complexity index is 561. The normalized spacial score (nSPS) is 15.8. The van der Waals surface area contributed by atoms with E-state index in [-0.39, 0.29) is 18.3 Å². The summed E-state index contributed by atoms with van der Waals surface area (Å²) in [4.78, 5) is 16.2. The van der Waals surface area contributed by atoms with Gasteiger partial charge < -0.3 is 11.1 Å². The van der Waals surface area contributed by atoms with Crippen LogP contribution in [0.4, 0.5) is 0 Å². The molecule has 6 heteroatoms. The van der Waals surface area contributed by atoms with Crippen molar-refractivity contribution in [3.8, 4) is 0 Å². The number of nitrogens with zero attached hydrogens (tertiary/aromatic N) is 1. The zero-order valence-electron chi connectivity index (χ0n) is 10.4. The van der Waals surface area contributed by atoms with Gasteiger partial charge in [-0.25, -0.2) is 4.98 Å². The number of amides is 1. The molecule has 1 aromatic carbocycles. The Balaban J connectivity index is 0.00000133. The number of fused-ring (bicyclic) bond motifs is 1. The number of thiazole rings is 1. The van der Waals surface area contributed by atoms with E-state index in [2.05, 4.69) is 16.4 Å². The van der Waals surface area contributed by atoms with Gasteiger partial charge in [-0.05, 0) is 25.0 Å². The number of benzene rings is 1. The summed E-state index contributed by atoms with van der Waals surface area (Å²) in [7, 11) is 0. The van der Waals surface area contributed by atoms with Crippen LogP contribution in [0, 0.1) is 0 Å². The second-order valence-electron chi connectivity index (χ2n) is 4.74. The molecule has 0 spiro atoms. The van der Waals surface area contributed by atoms with E-state index in [9.17, 15) is 4.79 Å². The molecule has 1 aromatic heterocycles. The van der Waals surface area contributed by atoms with Crippen LogP contribution in [0.25, 0.3) is 10.2 Å². The molecule has 1 amide bonds. The first-order valence-corrected chi connectivity index (χ1v) is 6.91. The van der Waals surface area contributed by atoms with Crippen molar-refractivity contribution in [1.82, 2.24) is 10.3 Å². The maximum Gasteiger partial charge on any atom is 0.240 e. The highest BCUT2D eigenvalue weighted by Crippen LogP contribution is 2.32. The number of rotatable bonds is 4. The zero-order valence-corrected chi connectivity index (χ0v) is 12.0. The van der Waals surface area contributed by atoms with E-state index in [0.717, 1.165) is 29.8 Å². The summed E-state index contributed by atoms with van der Waals surface area (Å²) in [6.45, 7) is 0.609. The molecule has 4 nitrogen and oxygen atoms in total. The molecule has 0 bridgehead atoms. The molecule has 0 aliphatic heterocycles. The van der Waals surface area contributed by atoms with Crippen LogP contribution in [0.1, 0.15) is 17.8 Å². The van der Waals surface area contributed by atoms with E-state index in [1.54, 1.807) is 11.3 Å². The number of carbonyl (C=O) groups is 1. The second kappa shape index (κ2) is 5.45. The second-order valence-corrected chi connectivity index (χ2v) is 5.85. The number of nitrogens with two attached hydrogens (primary N) is 1. The van der Waals surface area contributed by atoms with Crippen molar-refractivity contribution >= 4 is 39.9 Å². The lowest BCUT2D eigenvalue weighted by Crippen LogP contribution is -2.43. The van der Waals surface area contributed by atoms with Crippen LogP contribution >= 0.6 is 23.7 Å². The first-order valence-electron chi connectivity index (χ1n) is 6.09. The Labute approximate surface area is 121 Å². The average molecular weight is 298 g/mol. The summed E-state index contributed by atoms with van der Waals surface area (Å²) in [6, 6.07) is 8.07. The maximum atomic E-state index is 11.6. The summed E-state index contributed by atoms with van der Waals surface area (Å²) in [5.74, 6) is -0.0244. The Morgan fingerprint density at radius 1 is 1.42 bits per heavy atom. The lowest BCUT2D eigenvalue weighted by molar-refractivity contribution is -0.123. The molecule has 1 aliphatic carbocycles. The summed E-state index contributed by atoms with van der Waals surface area (Å²) in [5.41, 5.74) is 6.26. The van der Waals surface area contributed by atoms with Crippen molar-refractivity contribution in [3.05, 3.63) is 29.3 Å². The van der Waals surface area contributed by atoms with E-state index in [0.29, 0.717) is 6.54 Å². The van der Waals surface area contributed by atoms with Gasteiger partial charge in [0.05, 0.1) is 20.8 Å². The summed E-state index contributed by atoms with van der Waals surface area (Å²) < 4.78 is 1.19. The van der Waals surface area contributed by atoms with Gasteiger partial charge in [0.1, 0.15) is 0 Å². The molecule has 1 heterocycles. The molecule has 1 saturated carbocycles. The monoisotopic (exact) mass is 297 g/mol. The molecule has 2 aromatic rings. The van der Waals surface area contributed by atoms with Crippen LogP contribution in [0.3, 0.4) is 0 Å². The van der Waals surface area contributed by atoms with Gasteiger partial charge in [0.2, 0.25) is 5.91 Å². The standard InChI is InChI=1S/C13H15N3OS.ClH/c14-13(6-7-13)12(17)15-8-5-11-16-9-3-1-2-4-10(9)18-11;/h1-4H,5-8,14H2,(H,15,17);1H. The molecule has 19 heavy (non-hydrogen) atoms. The van der Waals surface area contributed by atoms with Crippen LogP contribution in [-0.4, -0.2) is 23.0 Å². The average Bonchev–Trinajstić information content (AvgIpc) is 2.99. The van der Waals surface area contributed by atoms with Crippen LogP contribution in [0.2, 0.25) is 0 Å². The third-order valence-corrected chi connectivity index (χ3v) is 4.30. The minimum atomic E-state index is -0.576. The minimum Gasteiger partial charge on any atom is -0.354 e. The molecular formula is C13H16ClN3OS. The molecule has 0 unspecified atom stereocenters. The predicted molar refractivity (Wildman–Crippen MR) is 79.7 cm³/mol. The van der Waals surface area contributed by atoms with Crippen molar-refractivity contribution in [1.29, 1.82) is 0 Å². The van der Waals surface area contributed by atoms with Gasteiger partial charge in [-0.3, -0.25) is 4.79 Å². The van der Waals surface area contributed by atoms with Gasteiger partial charge in [0.25, 0.3) is 0 Å². The predicted octanol–water partition coefficient (Wildman–Crippen LogP) is 1.87. The van der Waals surface area contributed by atoms with Gasteiger partial charge in [-0.2, -0.15) is 0 Å². The van der Waals surface area contributed by atoms with E-state index in [1.807, 2.05) is 18.2 Å². The van der Waals surface area contributed by atoms with E-state index in [4.69, 9.17) is 5.73 Å². The topological polar surface area (TPSA) is 68.0 Å². The highest BCUT2D eigenvalue weighted by molar-refractivity contribution is 7.18. The van der Waals surface area contributed by atoms with Crippen molar-refractivity contribution in [3.63, 3.8) is 0 Å². The Kier molecular flexibility index (Phi) is 4.08. The lowest BCUT2D eigenvalue weighted by atomic mass is 10.2. The Morgan fingerprint density at radius 3 is 2.84 bits per heavy atom. The van der Waals surface area contributed by atoms with Crippen LogP contribution in [-0.2, 0) is 11.2 Å². The van der Waals surface area contributed by atoms with Crippen LogP contribution in [0.5, 0.6) is 0 Å². The quantitative estimate of drug-likeness (QED) is 0.905. The van der Waals surface area contributed by atoms with Gasteiger partial charge >= 0.3 is 0 Å². The SMILES string of the molecule is Cl.NC1(C(=O)NCCc2nc3ccccc3s2)CC1.